The average molecular weight is 818 g/mol. The Balaban J connectivity index is 1.05. The fourth-order valence-corrected chi connectivity index (χ4v) is 10.4. The molecule has 12 rings (SSSR count). The number of aryl methyl sites for hydroxylation is 1. The Labute approximate surface area is 374 Å². The summed E-state index contributed by atoms with van der Waals surface area (Å²) in [5, 5.41) is 2.26. The number of anilines is 3. The summed E-state index contributed by atoms with van der Waals surface area (Å²) in [7, 11) is 0. The molecule has 0 radical (unpaired) electrons. The molecule has 0 saturated heterocycles. The molecular formula is C62H43NO. The fourth-order valence-electron chi connectivity index (χ4n) is 10.4. The Morgan fingerprint density at radius 2 is 0.906 bits per heavy atom. The van der Waals surface area contributed by atoms with Crippen molar-refractivity contribution in [3.05, 3.63) is 270 Å². The third kappa shape index (κ3) is 5.95. The van der Waals surface area contributed by atoms with E-state index in [1.807, 2.05) is 12.1 Å². The highest BCUT2D eigenvalue weighted by Crippen LogP contribution is 2.59. The standard InChI is InChI=1S/C62H43NO/c1-42-41-50(39-40-51(42)45-33-31-44(32-34-45)43-17-5-2-6-18-43)63(49-37-35-46(36-38-49)52-25-15-26-54-53-23-12-14-30-59(53)64-61(52)54)58-29-16-28-57-60(58)55-24-11-13-27-56(55)62(57,47-19-7-3-8-20-47)48-21-9-4-10-22-48/h2-41H,1H3. The van der Waals surface area contributed by atoms with Crippen LogP contribution in [0.1, 0.15) is 27.8 Å². The molecule has 1 heterocycles. The zero-order chi connectivity index (χ0) is 42.6. The van der Waals surface area contributed by atoms with Gasteiger partial charge in [0.15, 0.2) is 0 Å². The summed E-state index contributed by atoms with van der Waals surface area (Å²) >= 11 is 0. The van der Waals surface area contributed by atoms with Crippen molar-refractivity contribution in [3.8, 4) is 44.5 Å². The number of para-hydroxylation sites is 2. The van der Waals surface area contributed by atoms with E-state index in [0.29, 0.717) is 0 Å². The zero-order valence-electron chi connectivity index (χ0n) is 35.4. The third-order valence-corrected chi connectivity index (χ3v) is 13.3. The SMILES string of the molecule is Cc1cc(N(c2ccc(-c3cccc4c3oc3ccccc34)cc2)c2cccc3c2-c2ccccc2C3(c2ccccc2)c2ccccc2)ccc1-c1ccc(-c2ccccc2)cc1. The minimum atomic E-state index is -0.517. The molecule has 1 aliphatic carbocycles. The van der Waals surface area contributed by atoms with Crippen LogP contribution in [-0.2, 0) is 5.41 Å². The molecule has 64 heavy (non-hydrogen) atoms. The molecule has 1 aromatic heterocycles. The lowest BCUT2D eigenvalue weighted by Gasteiger charge is -2.34. The van der Waals surface area contributed by atoms with Crippen molar-refractivity contribution in [2.24, 2.45) is 0 Å². The van der Waals surface area contributed by atoms with Crippen LogP contribution in [0.25, 0.3) is 66.4 Å². The molecule has 10 aromatic carbocycles. The Hall–Kier alpha value is -8.20. The highest BCUT2D eigenvalue weighted by molar-refractivity contribution is 6.09. The van der Waals surface area contributed by atoms with Crippen LogP contribution in [0.5, 0.6) is 0 Å². The number of hydrogen-bond donors (Lipinski definition) is 0. The number of fused-ring (bicyclic) bond motifs is 6. The summed E-state index contributed by atoms with van der Waals surface area (Å²) in [6.45, 7) is 2.24. The Morgan fingerprint density at radius 1 is 0.375 bits per heavy atom. The monoisotopic (exact) mass is 817 g/mol. The van der Waals surface area contributed by atoms with Gasteiger partial charge >= 0.3 is 0 Å². The van der Waals surface area contributed by atoms with Crippen molar-refractivity contribution in [1.82, 2.24) is 0 Å². The number of nitrogens with zero attached hydrogens (tertiary/aromatic N) is 1. The lowest BCUT2D eigenvalue weighted by atomic mass is 9.68. The molecule has 2 nitrogen and oxygen atoms in total. The summed E-state index contributed by atoms with van der Waals surface area (Å²) in [4.78, 5) is 2.46. The van der Waals surface area contributed by atoms with Gasteiger partial charge in [0.2, 0.25) is 0 Å². The number of furan rings is 1. The van der Waals surface area contributed by atoms with Gasteiger partial charge in [-0.05, 0) is 105 Å². The highest BCUT2D eigenvalue weighted by atomic mass is 16.3. The molecule has 0 amide bonds. The molecule has 0 bridgehead atoms. The maximum atomic E-state index is 6.51. The number of benzene rings is 10. The number of rotatable bonds is 8. The van der Waals surface area contributed by atoms with Gasteiger partial charge in [-0.1, -0.05) is 206 Å². The van der Waals surface area contributed by atoms with E-state index in [9.17, 15) is 0 Å². The summed E-state index contributed by atoms with van der Waals surface area (Å²) in [6, 6.07) is 88.3. The van der Waals surface area contributed by atoms with Gasteiger partial charge in [-0.25, -0.2) is 0 Å². The van der Waals surface area contributed by atoms with E-state index in [1.54, 1.807) is 0 Å². The van der Waals surface area contributed by atoms with E-state index < -0.39 is 5.41 Å². The van der Waals surface area contributed by atoms with E-state index in [-0.39, 0.29) is 0 Å². The lowest BCUT2D eigenvalue weighted by molar-refractivity contribution is 0.670. The molecule has 1 aliphatic rings. The van der Waals surface area contributed by atoms with E-state index in [2.05, 4.69) is 242 Å². The maximum Gasteiger partial charge on any atom is 0.143 e. The third-order valence-electron chi connectivity index (χ3n) is 13.3. The molecular weight excluding hydrogens is 775 g/mol. The topological polar surface area (TPSA) is 16.4 Å². The van der Waals surface area contributed by atoms with Gasteiger partial charge in [0.1, 0.15) is 11.2 Å². The van der Waals surface area contributed by atoms with Crippen molar-refractivity contribution in [2.45, 2.75) is 12.3 Å². The van der Waals surface area contributed by atoms with Crippen LogP contribution < -0.4 is 4.90 Å². The van der Waals surface area contributed by atoms with Gasteiger partial charge < -0.3 is 9.32 Å². The summed E-state index contributed by atoms with van der Waals surface area (Å²) in [5.74, 6) is 0. The van der Waals surface area contributed by atoms with Gasteiger partial charge in [-0.3, -0.25) is 0 Å². The van der Waals surface area contributed by atoms with Crippen molar-refractivity contribution in [1.29, 1.82) is 0 Å². The maximum absolute atomic E-state index is 6.51. The van der Waals surface area contributed by atoms with E-state index in [0.717, 1.165) is 50.1 Å². The van der Waals surface area contributed by atoms with Crippen molar-refractivity contribution >= 4 is 39.0 Å². The average Bonchev–Trinajstić information content (AvgIpc) is 3.90. The van der Waals surface area contributed by atoms with Gasteiger partial charge in [-0.2, -0.15) is 0 Å². The Kier molecular flexibility index (Phi) is 8.98. The second-order valence-electron chi connectivity index (χ2n) is 16.8. The van der Waals surface area contributed by atoms with Crippen LogP contribution >= 0.6 is 0 Å². The first-order valence-corrected chi connectivity index (χ1v) is 22.1. The van der Waals surface area contributed by atoms with Crippen LogP contribution in [0.4, 0.5) is 17.1 Å². The molecule has 0 atom stereocenters. The minimum Gasteiger partial charge on any atom is -0.455 e. The zero-order valence-corrected chi connectivity index (χ0v) is 35.4. The molecule has 0 spiro atoms. The van der Waals surface area contributed by atoms with Crippen LogP contribution in [0.3, 0.4) is 0 Å². The van der Waals surface area contributed by atoms with Crippen molar-refractivity contribution in [2.75, 3.05) is 4.90 Å². The summed E-state index contributed by atoms with van der Waals surface area (Å²) in [5.41, 5.74) is 20.4. The predicted octanol–water partition coefficient (Wildman–Crippen LogP) is 16.7. The lowest BCUT2D eigenvalue weighted by Crippen LogP contribution is -2.28. The van der Waals surface area contributed by atoms with Gasteiger partial charge in [0.25, 0.3) is 0 Å². The van der Waals surface area contributed by atoms with Gasteiger partial charge in [0.05, 0.1) is 11.1 Å². The first-order chi connectivity index (χ1) is 31.7. The summed E-state index contributed by atoms with van der Waals surface area (Å²) in [6.07, 6.45) is 0. The Bertz CT molecular complexity index is 3440. The molecule has 0 N–H and O–H groups in total. The largest absolute Gasteiger partial charge is 0.455 e. The van der Waals surface area contributed by atoms with Crippen molar-refractivity contribution in [3.63, 3.8) is 0 Å². The molecule has 0 saturated carbocycles. The molecule has 0 unspecified atom stereocenters. The van der Waals surface area contributed by atoms with Crippen LogP contribution in [0, 0.1) is 6.92 Å². The van der Waals surface area contributed by atoms with Crippen LogP contribution in [-0.4, -0.2) is 0 Å². The van der Waals surface area contributed by atoms with Gasteiger partial charge in [-0.15, -0.1) is 0 Å². The molecule has 2 heteroatoms. The number of hydrogen-bond acceptors (Lipinski definition) is 2. The molecule has 0 fully saturated rings. The van der Waals surface area contributed by atoms with Gasteiger partial charge in [0, 0.05) is 33.3 Å². The first kappa shape index (κ1) is 37.6. The van der Waals surface area contributed by atoms with E-state index in [1.165, 1.54) is 61.2 Å². The Morgan fingerprint density at radius 3 is 1.64 bits per heavy atom. The van der Waals surface area contributed by atoms with E-state index >= 15 is 0 Å². The van der Waals surface area contributed by atoms with Crippen molar-refractivity contribution < 1.29 is 4.42 Å². The van der Waals surface area contributed by atoms with E-state index in [4.69, 9.17) is 4.42 Å². The quantitative estimate of drug-likeness (QED) is 0.152. The minimum absolute atomic E-state index is 0.517. The first-order valence-electron chi connectivity index (χ1n) is 22.1. The smallest absolute Gasteiger partial charge is 0.143 e. The molecule has 0 aliphatic heterocycles. The normalized spacial score (nSPS) is 12.6. The highest BCUT2D eigenvalue weighted by Gasteiger charge is 2.47. The van der Waals surface area contributed by atoms with Crippen LogP contribution in [0.15, 0.2) is 247 Å². The van der Waals surface area contributed by atoms with Crippen LogP contribution in [0.2, 0.25) is 0 Å². The second-order valence-corrected chi connectivity index (χ2v) is 16.8. The molecule has 302 valence electrons. The molecule has 11 aromatic rings. The fraction of sp³-hybridized carbons (Fsp3) is 0.0323. The second kappa shape index (κ2) is 15.3. The summed E-state index contributed by atoms with van der Waals surface area (Å²) < 4.78 is 6.51. The predicted molar refractivity (Wildman–Crippen MR) is 267 cm³/mol.